The van der Waals surface area contributed by atoms with E-state index in [2.05, 4.69) is 10.6 Å². The summed E-state index contributed by atoms with van der Waals surface area (Å²) in [5.41, 5.74) is 2.83. The molecule has 1 aliphatic heterocycles. The maximum absolute atomic E-state index is 13.2. The van der Waals surface area contributed by atoms with Crippen LogP contribution in [-0.2, 0) is 20.8 Å². The van der Waals surface area contributed by atoms with Crippen molar-refractivity contribution in [2.24, 2.45) is 5.92 Å². The Bertz CT molecular complexity index is 1260. The molecule has 0 aromatic heterocycles. The summed E-state index contributed by atoms with van der Waals surface area (Å²) < 4.78 is 0. The quantitative estimate of drug-likeness (QED) is 0.350. The van der Waals surface area contributed by atoms with Crippen molar-refractivity contribution in [3.63, 3.8) is 0 Å². The first-order valence-corrected chi connectivity index (χ1v) is 12.8. The van der Waals surface area contributed by atoms with E-state index in [4.69, 9.17) is 0 Å². The molecule has 0 bridgehead atoms. The minimum absolute atomic E-state index is 0.0581. The SMILES string of the molecule is CC(C)CN1C(=O)C(Nc2ccccc2)=C(Sc2ccc(NC(=O)CCc3ccccc3)cc2)C1=O. The molecular formula is C29H29N3O3S. The van der Waals surface area contributed by atoms with Gasteiger partial charge in [-0.2, -0.15) is 0 Å². The highest BCUT2D eigenvalue weighted by molar-refractivity contribution is 8.04. The third kappa shape index (κ3) is 6.43. The summed E-state index contributed by atoms with van der Waals surface area (Å²) in [7, 11) is 0. The van der Waals surface area contributed by atoms with E-state index in [9.17, 15) is 14.4 Å². The third-order valence-corrected chi connectivity index (χ3v) is 6.65. The van der Waals surface area contributed by atoms with Gasteiger partial charge in [-0.25, -0.2) is 0 Å². The van der Waals surface area contributed by atoms with E-state index in [1.807, 2.05) is 86.6 Å². The van der Waals surface area contributed by atoms with Gasteiger partial charge in [-0.3, -0.25) is 19.3 Å². The van der Waals surface area contributed by atoms with Gasteiger partial charge in [-0.1, -0.05) is 74.1 Å². The molecule has 1 heterocycles. The van der Waals surface area contributed by atoms with E-state index >= 15 is 0 Å². The maximum atomic E-state index is 13.2. The van der Waals surface area contributed by atoms with E-state index in [1.165, 1.54) is 16.7 Å². The number of nitrogens with one attached hydrogen (secondary N) is 2. The Morgan fingerprint density at radius 2 is 1.47 bits per heavy atom. The molecule has 1 aliphatic rings. The number of anilines is 2. The number of para-hydroxylation sites is 1. The van der Waals surface area contributed by atoms with Crippen molar-refractivity contribution >= 4 is 40.9 Å². The minimum Gasteiger partial charge on any atom is -0.350 e. The normalized spacial score (nSPS) is 13.5. The summed E-state index contributed by atoms with van der Waals surface area (Å²) >= 11 is 1.25. The number of imide groups is 1. The van der Waals surface area contributed by atoms with E-state index in [0.29, 0.717) is 30.0 Å². The van der Waals surface area contributed by atoms with Crippen molar-refractivity contribution in [2.75, 3.05) is 17.2 Å². The molecule has 0 saturated carbocycles. The zero-order valence-electron chi connectivity index (χ0n) is 20.4. The largest absolute Gasteiger partial charge is 0.350 e. The molecule has 0 atom stereocenters. The van der Waals surface area contributed by atoms with Crippen LogP contribution in [0.4, 0.5) is 11.4 Å². The monoisotopic (exact) mass is 499 g/mol. The van der Waals surface area contributed by atoms with Crippen LogP contribution in [0.15, 0.2) is 100 Å². The first-order chi connectivity index (χ1) is 17.4. The van der Waals surface area contributed by atoms with E-state index < -0.39 is 0 Å². The fourth-order valence-electron chi connectivity index (χ4n) is 3.81. The second-order valence-corrected chi connectivity index (χ2v) is 10.1. The van der Waals surface area contributed by atoms with Crippen molar-refractivity contribution < 1.29 is 14.4 Å². The van der Waals surface area contributed by atoms with Gasteiger partial charge in [0.15, 0.2) is 0 Å². The molecular weight excluding hydrogens is 470 g/mol. The highest BCUT2D eigenvalue weighted by Gasteiger charge is 2.39. The molecule has 184 valence electrons. The van der Waals surface area contributed by atoms with Gasteiger partial charge in [0.2, 0.25) is 5.91 Å². The van der Waals surface area contributed by atoms with Crippen LogP contribution in [0.5, 0.6) is 0 Å². The number of amides is 3. The minimum atomic E-state index is -0.317. The van der Waals surface area contributed by atoms with Crippen molar-refractivity contribution in [3.05, 3.63) is 101 Å². The number of hydrogen-bond donors (Lipinski definition) is 2. The molecule has 0 radical (unpaired) electrons. The number of thioether (sulfide) groups is 1. The van der Waals surface area contributed by atoms with Gasteiger partial charge in [0.25, 0.3) is 11.8 Å². The molecule has 7 heteroatoms. The zero-order valence-corrected chi connectivity index (χ0v) is 21.2. The second-order valence-electron chi connectivity index (χ2n) is 8.97. The van der Waals surface area contributed by atoms with Gasteiger partial charge in [-0.15, -0.1) is 0 Å². The Hall–Kier alpha value is -3.84. The summed E-state index contributed by atoms with van der Waals surface area (Å²) in [6.07, 6.45) is 1.07. The predicted molar refractivity (Wildman–Crippen MR) is 144 cm³/mol. The molecule has 3 aromatic carbocycles. The average molecular weight is 500 g/mol. The Balaban J connectivity index is 1.45. The topological polar surface area (TPSA) is 78.5 Å². The van der Waals surface area contributed by atoms with Crippen LogP contribution in [0.3, 0.4) is 0 Å². The number of hydrogen-bond acceptors (Lipinski definition) is 5. The lowest BCUT2D eigenvalue weighted by Gasteiger charge is -2.17. The van der Waals surface area contributed by atoms with Gasteiger partial charge >= 0.3 is 0 Å². The van der Waals surface area contributed by atoms with Crippen LogP contribution < -0.4 is 10.6 Å². The molecule has 3 aromatic rings. The highest BCUT2D eigenvalue weighted by atomic mass is 32.2. The number of rotatable bonds is 10. The second kappa shape index (κ2) is 11.7. The molecule has 0 aliphatic carbocycles. The summed E-state index contributed by atoms with van der Waals surface area (Å²) in [6.45, 7) is 4.31. The fourth-order valence-corrected chi connectivity index (χ4v) is 4.75. The molecule has 6 nitrogen and oxygen atoms in total. The van der Waals surface area contributed by atoms with Crippen molar-refractivity contribution in [3.8, 4) is 0 Å². The standard InChI is InChI=1S/C29H29N3O3S/c1-20(2)19-32-28(34)26(31-22-11-7-4-8-12-22)27(29(32)35)36-24-16-14-23(15-17-24)30-25(33)18-13-21-9-5-3-6-10-21/h3-12,14-17,20,31H,13,18-19H2,1-2H3,(H,30,33). The van der Waals surface area contributed by atoms with Crippen LogP contribution in [0.25, 0.3) is 0 Å². The van der Waals surface area contributed by atoms with Gasteiger partial charge in [0.05, 0.1) is 0 Å². The van der Waals surface area contributed by atoms with Gasteiger partial charge in [0.1, 0.15) is 10.6 Å². The lowest BCUT2D eigenvalue weighted by atomic mass is 10.1. The molecule has 3 amide bonds. The van der Waals surface area contributed by atoms with Crippen LogP contribution >= 0.6 is 11.8 Å². The molecule has 0 fully saturated rings. The molecule has 4 rings (SSSR count). The number of carbonyl (C=O) groups is 3. The van der Waals surface area contributed by atoms with E-state index in [0.717, 1.165) is 16.1 Å². The number of nitrogens with zero attached hydrogens (tertiary/aromatic N) is 1. The van der Waals surface area contributed by atoms with E-state index in [1.54, 1.807) is 12.1 Å². The fraction of sp³-hybridized carbons (Fsp3) is 0.207. The highest BCUT2D eigenvalue weighted by Crippen LogP contribution is 2.36. The first-order valence-electron chi connectivity index (χ1n) is 11.9. The summed E-state index contributed by atoms with van der Waals surface area (Å²) in [5, 5.41) is 6.07. The van der Waals surface area contributed by atoms with Crippen molar-refractivity contribution in [1.82, 2.24) is 4.90 Å². The summed E-state index contributed by atoms with van der Waals surface area (Å²) in [6, 6.07) is 26.5. The van der Waals surface area contributed by atoms with Crippen LogP contribution in [0, 0.1) is 5.92 Å². The molecule has 36 heavy (non-hydrogen) atoms. The van der Waals surface area contributed by atoms with Crippen LogP contribution in [-0.4, -0.2) is 29.2 Å². The average Bonchev–Trinajstić information content (AvgIpc) is 3.09. The lowest BCUT2D eigenvalue weighted by molar-refractivity contribution is -0.137. The maximum Gasteiger partial charge on any atom is 0.278 e. The number of carbonyl (C=O) groups excluding carboxylic acids is 3. The molecule has 2 N–H and O–H groups in total. The predicted octanol–water partition coefficient (Wildman–Crippen LogP) is 5.70. The first kappa shape index (κ1) is 25.3. The van der Waals surface area contributed by atoms with Crippen molar-refractivity contribution in [1.29, 1.82) is 0 Å². The lowest BCUT2D eigenvalue weighted by Crippen LogP contribution is -2.35. The van der Waals surface area contributed by atoms with E-state index in [-0.39, 0.29) is 29.3 Å². The smallest absolute Gasteiger partial charge is 0.278 e. The number of benzene rings is 3. The summed E-state index contributed by atoms with van der Waals surface area (Å²) in [4.78, 5) is 41.1. The Labute approximate surface area is 215 Å². The van der Waals surface area contributed by atoms with Gasteiger partial charge in [-0.05, 0) is 54.3 Å². The summed E-state index contributed by atoms with van der Waals surface area (Å²) in [5.74, 6) is -0.514. The molecule has 0 unspecified atom stereocenters. The zero-order chi connectivity index (χ0) is 25.5. The molecule has 0 saturated heterocycles. The van der Waals surface area contributed by atoms with Crippen molar-refractivity contribution in [2.45, 2.75) is 31.6 Å². The Morgan fingerprint density at radius 3 is 2.11 bits per heavy atom. The Kier molecular flexibility index (Phi) is 8.23. The van der Waals surface area contributed by atoms with Gasteiger partial charge < -0.3 is 10.6 Å². The van der Waals surface area contributed by atoms with Gasteiger partial charge in [0, 0.05) is 29.2 Å². The van der Waals surface area contributed by atoms with Crippen LogP contribution in [0.2, 0.25) is 0 Å². The number of aryl methyl sites for hydroxylation is 1. The van der Waals surface area contributed by atoms with Crippen LogP contribution in [0.1, 0.15) is 25.8 Å². The third-order valence-electron chi connectivity index (χ3n) is 5.56. The Morgan fingerprint density at radius 1 is 0.833 bits per heavy atom. The molecule has 0 spiro atoms.